The van der Waals surface area contributed by atoms with Gasteiger partial charge in [0.2, 0.25) is 0 Å². The Hall–Kier alpha value is -1.10. The van der Waals surface area contributed by atoms with Crippen molar-refractivity contribution in [2.75, 3.05) is 20.8 Å². The number of aliphatic hydroxyl groups is 1. The molecule has 19 heavy (non-hydrogen) atoms. The van der Waals surface area contributed by atoms with Crippen LogP contribution in [-0.4, -0.2) is 38.0 Å². The summed E-state index contributed by atoms with van der Waals surface area (Å²) in [4.78, 5) is 0. The van der Waals surface area contributed by atoms with Crippen molar-refractivity contribution in [3.63, 3.8) is 0 Å². The fourth-order valence-electron chi connectivity index (χ4n) is 2.43. The lowest BCUT2D eigenvalue weighted by atomic mass is 9.89. The Morgan fingerprint density at radius 3 is 2.74 bits per heavy atom. The van der Waals surface area contributed by atoms with Crippen molar-refractivity contribution in [2.45, 2.75) is 38.0 Å². The number of benzene rings is 1. The van der Waals surface area contributed by atoms with Crippen molar-refractivity contribution in [1.29, 1.82) is 0 Å². The largest absolute Gasteiger partial charge is 0.496 e. The monoisotopic (exact) mass is 265 g/mol. The molecule has 1 aliphatic rings. The van der Waals surface area contributed by atoms with Crippen LogP contribution >= 0.6 is 0 Å². The molecule has 1 aliphatic carbocycles. The number of aryl methyl sites for hydroxylation is 1. The summed E-state index contributed by atoms with van der Waals surface area (Å²) >= 11 is 0. The highest BCUT2D eigenvalue weighted by molar-refractivity contribution is 5.38. The first kappa shape index (κ1) is 14.3. The van der Waals surface area contributed by atoms with Gasteiger partial charge in [-0.05, 0) is 31.9 Å². The predicted molar refractivity (Wildman–Crippen MR) is 74.5 cm³/mol. The number of rotatable bonds is 6. The molecule has 106 valence electrons. The van der Waals surface area contributed by atoms with Crippen LogP contribution in [0.1, 0.15) is 30.1 Å². The fourth-order valence-corrected chi connectivity index (χ4v) is 2.43. The van der Waals surface area contributed by atoms with Gasteiger partial charge >= 0.3 is 0 Å². The molecule has 0 radical (unpaired) electrons. The van der Waals surface area contributed by atoms with Crippen molar-refractivity contribution in [3.05, 3.63) is 29.3 Å². The zero-order chi connectivity index (χ0) is 13.8. The average molecular weight is 265 g/mol. The van der Waals surface area contributed by atoms with Crippen molar-refractivity contribution in [1.82, 2.24) is 5.32 Å². The molecular weight excluding hydrogens is 242 g/mol. The molecule has 0 aromatic heterocycles. The average Bonchev–Trinajstić information content (AvgIpc) is 2.37. The van der Waals surface area contributed by atoms with Crippen molar-refractivity contribution < 1.29 is 14.6 Å². The SMILES string of the molecule is COc1ccc(C)cc1C(O)CNC1CC(OC)C1. The van der Waals surface area contributed by atoms with E-state index < -0.39 is 6.10 Å². The number of hydrogen-bond donors (Lipinski definition) is 2. The van der Waals surface area contributed by atoms with Gasteiger partial charge < -0.3 is 19.9 Å². The Balaban J connectivity index is 1.89. The number of nitrogens with one attached hydrogen (secondary N) is 1. The van der Waals surface area contributed by atoms with Crippen molar-refractivity contribution in [2.24, 2.45) is 0 Å². The van der Waals surface area contributed by atoms with Crippen molar-refractivity contribution in [3.8, 4) is 5.75 Å². The summed E-state index contributed by atoms with van der Waals surface area (Å²) in [5, 5.41) is 13.6. The van der Waals surface area contributed by atoms with Crippen LogP contribution in [0.15, 0.2) is 18.2 Å². The smallest absolute Gasteiger partial charge is 0.124 e. The summed E-state index contributed by atoms with van der Waals surface area (Å²) < 4.78 is 10.5. The van der Waals surface area contributed by atoms with Crippen LogP contribution < -0.4 is 10.1 Å². The van der Waals surface area contributed by atoms with Gasteiger partial charge in [0.05, 0.1) is 19.3 Å². The van der Waals surface area contributed by atoms with E-state index in [0.717, 1.165) is 29.7 Å². The van der Waals surface area contributed by atoms with Gasteiger partial charge in [-0.25, -0.2) is 0 Å². The van der Waals surface area contributed by atoms with E-state index in [1.54, 1.807) is 14.2 Å². The number of hydrogen-bond acceptors (Lipinski definition) is 4. The molecule has 4 heteroatoms. The molecule has 1 aromatic carbocycles. The standard InChI is InChI=1S/C15H23NO3/c1-10-4-5-15(19-3)13(6-10)14(17)9-16-11-7-12(8-11)18-2/h4-6,11-12,14,16-17H,7-9H2,1-3H3. The summed E-state index contributed by atoms with van der Waals surface area (Å²) in [7, 11) is 3.37. The Bertz CT molecular complexity index is 416. The van der Waals surface area contributed by atoms with E-state index in [0.29, 0.717) is 18.7 Å². The second-order valence-electron chi connectivity index (χ2n) is 5.20. The highest BCUT2D eigenvalue weighted by Crippen LogP contribution is 2.27. The van der Waals surface area contributed by atoms with Crippen LogP contribution in [0.4, 0.5) is 0 Å². The van der Waals surface area contributed by atoms with Gasteiger partial charge in [0.1, 0.15) is 5.75 Å². The molecule has 1 atom stereocenters. The molecule has 1 aromatic rings. The van der Waals surface area contributed by atoms with Crippen LogP contribution in [0, 0.1) is 6.92 Å². The van der Waals surface area contributed by atoms with Crippen LogP contribution in [0.5, 0.6) is 5.75 Å². The van der Waals surface area contributed by atoms with Crippen LogP contribution in [0.2, 0.25) is 0 Å². The zero-order valence-electron chi connectivity index (χ0n) is 11.8. The summed E-state index contributed by atoms with van der Waals surface area (Å²) in [6.07, 6.45) is 1.88. The van der Waals surface area contributed by atoms with Crippen LogP contribution in [0.25, 0.3) is 0 Å². The molecule has 0 aliphatic heterocycles. The number of aliphatic hydroxyl groups excluding tert-OH is 1. The molecule has 0 amide bonds. The Kier molecular flexibility index (Phi) is 4.80. The third-order valence-electron chi connectivity index (χ3n) is 3.77. The van der Waals surface area contributed by atoms with E-state index in [2.05, 4.69) is 5.32 Å². The molecule has 2 N–H and O–H groups in total. The first-order valence-electron chi connectivity index (χ1n) is 6.72. The maximum Gasteiger partial charge on any atom is 0.124 e. The normalized spacial score (nSPS) is 23.8. The van der Waals surface area contributed by atoms with E-state index in [4.69, 9.17) is 9.47 Å². The molecule has 0 heterocycles. The third-order valence-corrected chi connectivity index (χ3v) is 3.77. The van der Waals surface area contributed by atoms with Gasteiger partial charge in [-0.3, -0.25) is 0 Å². The highest BCUT2D eigenvalue weighted by atomic mass is 16.5. The second kappa shape index (κ2) is 6.37. The lowest BCUT2D eigenvalue weighted by Gasteiger charge is -2.35. The summed E-state index contributed by atoms with van der Waals surface area (Å²) in [6.45, 7) is 2.55. The summed E-state index contributed by atoms with van der Waals surface area (Å²) in [6, 6.07) is 6.31. The molecule has 1 fully saturated rings. The van der Waals surface area contributed by atoms with Crippen LogP contribution in [-0.2, 0) is 4.74 Å². The van der Waals surface area contributed by atoms with E-state index in [1.165, 1.54) is 0 Å². The molecule has 0 spiro atoms. The molecule has 0 saturated heterocycles. The molecule has 1 saturated carbocycles. The lowest BCUT2D eigenvalue weighted by Crippen LogP contribution is -2.46. The minimum absolute atomic E-state index is 0.378. The van der Waals surface area contributed by atoms with Gasteiger partial charge in [-0.15, -0.1) is 0 Å². The van der Waals surface area contributed by atoms with Crippen molar-refractivity contribution >= 4 is 0 Å². The van der Waals surface area contributed by atoms with E-state index in [9.17, 15) is 5.11 Å². The molecular formula is C15H23NO3. The van der Waals surface area contributed by atoms with E-state index >= 15 is 0 Å². The van der Waals surface area contributed by atoms with Crippen LogP contribution in [0.3, 0.4) is 0 Å². The molecule has 2 rings (SSSR count). The molecule has 0 bridgehead atoms. The molecule has 1 unspecified atom stereocenters. The lowest BCUT2D eigenvalue weighted by molar-refractivity contribution is 0.0136. The summed E-state index contributed by atoms with van der Waals surface area (Å²) in [5.74, 6) is 0.739. The second-order valence-corrected chi connectivity index (χ2v) is 5.20. The van der Waals surface area contributed by atoms with Gasteiger partial charge in [0, 0.05) is 25.3 Å². The van der Waals surface area contributed by atoms with E-state index in [1.807, 2.05) is 25.1 Å². The Labute approximate surface area is 114 Å². The fraction of sp³-hybridized carbons (Fsp3) is 0.600. The number of ether oxygens (including phenoxy) is 2. The Morgan fingerprint density at radius 2 is 2.11 bits per heavy atom. The topological polar surface area (TPSA) is 50.7 Å². The maximum atomic E-state index is 10.3. The van der Waals surface area contributed by atoms with Gasteiger partial charge in [-0.1, -0.05) is 11.6 Å². The predicted octanol–water partition coefficient (Wildman–Crippen LogP) is 1.80. The maximum absolute atomic E-state index is 10.3. The number of methoxy groups -OCH3 is 2. The van der Waals surface area contributed by atoms with E-state index in [-0.39, 0.29) is 0 Å². The first-order chi connectivity index (χ1) is 9.13. The molecule has 4 nitrogen and oxygen atoms in total. The Morgan fingerprint density at radius 1 is 1.37 bits per heavy atom. The van der Waals surface area contributed by atoms with Gasteiger partial charge in [0.15, 0.2) is 0 Å². The zero-order valence-corrected chi connectivity index (χ0v) is 11.8. The quantitative estimate of drug-likeness (QED) is 0.823. The minimum atomic E-state index is -0.545. The minimum Gasteiger partial charge on any atom is -0.496 e. The van der Waals surface area contributed by atoms with Gasteiger partial charge in [0.25, 0.3) is 0 Å². The first-order valence-corrected chi connectivity index (χ1v) is 6.72. The third kappa shape index (κ3) is 3.47. The highest BCUT2D eigenvalue weighted by Gasteiger charge is 2.29. The van der Waals surface area contributed by atoms with Gasteiger partial charge in [-0.2, -0.15) is 0 Å². The summed E-state index contributed by atoms with van der Waals surface area (Å²) in [5.41, 5.74) is 1.97.